The zero-order valence-corrected chi connectivity index (χ0v) is 7.84. The van der Waals surface area contributed by atoms with E-state index in [1.54, 1.807) is 0 Å². The normalized spacial score (nSPS) is 13.3. The summed E-state index contributed by atoms with van der Waals surface area (Å²) in [6.07, 6.45) is 2.11. The van der Waals surface area contributed by atoms with E-state index in [0.717, 1.165) is 5.43 Å². The number of halogens is 1. The minimum atomic E-state index is -0.817. The molecule has 0 aliphatic carbocycles. The Labute approximate surface area is 52.6 Å². The Morgan fingerprint density at radius 3 is 2.33 bits per heavy atom. The van der Waals surface area contributed by atoms with Crippen molar-refractivity contribution in [3.05, 3.63) is 0 Å². The zero-order valence-electron chi connectivity index (χ0n) is 3.86. The predicted molar refractivity (Wildman–Crippen MR) is 47.5 cm³/mol. The molecule has 0 bridgehead atoms. The van der Waals surface area contributed by atoms with Gasteiger partial charge >= 0.3 is 52.7 Å². The van der Waals surface area contributed by atoms with Gasteiger partial charge in [0.05, 0.1) is 0 Å². The first-order valence-corrected chi connectivity index (χ1v) is 10.9. The summed E-state index contributed by atoms with van der Waals surface area (Å²) in [4.78, 5) is 2.18. The van der Waals surface area contributed by atoms with Crippen LogP contribution in [-0.4, -0.2) is 16.9 Å². The van der Waals surface area contributed by atoms with Gasteiger partial charge in [-0.25, -0.2) is 0 Å². The summed E-state index contributed by atoms with van der Waals surface area (Å²) < 4.78 is 0. The molecule has 0 saturated carbocycles. The van der Waals surface area contributed by atoms with Gasteiger partial charge < -0.3 is 0 Å². The van der Waals surface area contributed by atoms with Gasteiger partial charge in [0.2, 0.25) is 0 Å². The second kappa shape index (κ2) is 4.73. The van der Waals surface area contributed by atoms with Gasteiger partial charge in [0, 0.05) is 0 Å². The van der Waals surface area contributed by atoms with Crippen molar-refractivity contribution in [1.29, 1.82) is 0 Å². The van der Waals surface area contributed by atoms with E-state index >= 15 is 0 Å². The Hall–Kier alpha value is 1.57. The molecule has 2 radical (unpaired) electrons. The van der Waals surface area contributed by atoms with Crippen molar-refractivity contribution in [1.82, 2.24) is 0 Å². The Morgan fingerprint density at radius 1 is 1.83 bits per heavy atom. The molecule has 0 aromatic rings. The molecule has 0 rings (SSSR count). The summed E-state index contributed by atoms with van der Waals surface area (Å²) in [5.74, 6) is 0. The molecule has 0 aliphatic rings. The number of rotatable bonds is 2. The molecular weight excluding hydrogens is 225 g/mol. The van der Waals surface area contributed by atoms with Gasteiger partial charge in [-0.15, -0.1) is 0 Å². The van der Waals surface area contributed by atoms with Crippen molar-refractivity contribution in [2.75, 3.05) is 11.2 Å². The van der Waals surface area contributed by atoms with Crippen LogP contribution in [0.3, 0.4) is 0 Å². The monoisotopic (exact) mass is 232 g/mol. The maximum atomic E-state index is 5.55. The fraction of sp³-hybridized carbons (Fsp3) is 1.00. The SMILES string of the molecule is [B]I(C)PSC. The Kier molecular flexibility index (Phi) is 5.97. The van der Waals surface area contributed by atoms with Gasteiger partial charge in [-0.1, -0.05) is 0 Å². The van der Waals surface area contributed by atoms with Crippen molar-refractivity contribution in [2.45, 2.75) is 0 Å². The first-order chi connectivity index (χ1) is 2.77. The minimum absolute atomic E-state index is 0.817. The molecule has 4 heteroatoms. The van der Waals surface area contributed by atoms with E-state index < -0.39 is 19.1 Å². The van der Waals surface area contributed by atoms with Crippen LogP contribution >= 0.6 is 35.9 Å². The summed E-state index contributed by atoms with van der Waals surface area (Å²) >= 11 is 1.07. The fourth-order valence-electron chi connectivity index (χ4n) is 0.122. The first-order valence-electron chi connectivity index (χ1n) is 1.40. The van der Waals surface area contributed by atoms with E-state index in [2.05, 4.69) is 11.2 Å². The van der Waals surface area contributed by atoms with Crippen LogP contribution in [0.25, 0.3) is 0 Å². The Balaban J connectivity index is 2.63. The standard InChI is InChI=1S/C2H7BIPS/c1-4(3)5-6-2/h5H,1-2H3. The van der Waals surface area contributed by atoms with Gasteiger partial charge in [0.15, 0.2) is 0 Å². The van der Waals surface area contributed by atoms with Crippen LogP contribution in [0.4, 0.5) is 0 Å². The number of alkyl halides is 1. The Bertz CT molecular complexity index is 34.7. The molecule has 0 aliphatic heterocycles. The third-order valence-corrected chi connectivity index (χ3v) is 12.0. The van der Waals surface area contributed by atoms with Crippen molar-refractivity contribution in [2.24, 2.45) is 0 Å². The average molecular weight is 232 g/mol. The quantitative estimate of drug-likeness (QED) is 0.304. The van der Waals surface area contributed by atoms with Gasteiger partial charge in [0.1, 0.15) is 0 Å². The van der Waals surface area contributed by atoms with Crippen LogP contribution < -0.4 is 0 Å². The molecular formula is C2H7BIPS. The second-order valence-corrected chi connectivity index (χ2v) is 14.0. The van der Waals surface area contributed by atoms with E-state index in [1.165, 1.54) is 0 Å². The molecule has 0 N–H and O–H groups in total. The molecule has 0 spiro atoms. The second-order valence-electron chi connectivity index (χ2n) is 0.798. The average Bonchev–Trinajstić information content (AvgIpc) is 1.35. The van der Waals surface area contributed by atoms with Crippen LogP contribution in [0.15, 0.2) is 0 Å². The summed E-state index contributed by atoms with van der Waals surface area (Å²) in [6, 6.07) is 0. The number of hydrogen-bond donors (Lipinski definition) is 0. The molecule has 0 saturated heterocycles. The molecule has 0 aromatic carbocycles. The van der Waals surface area contributed by atoms with Crippen LogP contribution in [0, 0.1) is 0 Å². The van der Waals surface area contributed by atoms with E-state index in [4.69, 9.17) is 5.70 Å². The third kappa shape index (κ3) is 5.57. The van der Waals surface area contributed by atoms with Crippen molar-refractivity contribution in [3.8, 4) is 0 Å². The first kappa shape index (κ1) is 7.57. The zero-order chi connectivity index (χ0) is 4.99. The van der Waals surface area contributed by atoms with Crippen molar-refractivity contribution >= 4 is 41.6 Å². The summed E-state index contributed by atoms with van der Waals surface area (Å²) in [7, 11) is 0. The molecule has 1 atom stereocenters. The summed E-state index contributed by atoms with van der Waals surface area (Å²) in [6.45, 7) is 0. The van der Waals surface area contributed by atoms with Crippen LogP contribution in [-0.2, 0) is 0 Å². The van der Waals surface area contributed by atoms with Crippen LogP contribution in [0.1, 0.15) is 0 Å². The summed E-state index contributed by atoms with van der Waals surface area (Å²) in [5, 5.41) is 0. The van der Waals surface area contributed by atoms with E-state index in [9.17, 15) is 0 Å². The predicted octanol–water partition coefficient (Wildman–Crippen LogP) is 2.08. The molecule has 0 amide bonds. The van der Waals surface area contributed by atoms with E-state index in [0.29, 0.717) is 0 Å². The fourth-order valence-corrected chi connectivity index (χ4v) is 7.35. The van der Waals surface area contributed by atoms with Gasteiger partial charge in [-0.2, -0.15) is 0 Å². The van der Waals surface area contributed by atoms with Crippen molar-refractivity contribution in [3.63, 3.8) is 0 Å². The van der Waals surface area contributed by atoms with Crippen LogP contribution in [0.5, 0.6) is 0 Å². The van der Waals surface area contributed by atoms with Crippen LogP contribution in [0.2, 0.25) is 0 Å². The van der Waals surface area contributed by atoms with E-state index in [1.807, 2.05) is 11.4 Å². The van der Waals surface area contributed by atoms with Crippen molar-refractivity contribution < 1.29 is 0 Å². The summed E-state index contributed by atoms with van der Waals surface area (Å²) in [5.41, 5.74) is 6.57. The molecule has 0 fully saturated rings. The third-order valence-electron chi connectivity index (χ3n) is 0.199. The molecule has 1 unspecified atom stereocenters. The Morgan fingerprint density at radius 2 is 2.33 bits per heavy atom. The van der Waals surface area contributed by atoms with Gasteiger partial charge in [-0.3, -0.25) is 0 Å². The maximum absolute atomic E-state index is 5.55. The molecule has 0 aromatic heterocycles. The van der Waals surface area contributed by atoms with E-state index in [-0.39, 0.29) is 0 Å². The molecule has 0 nitrogen and oxygen atoms in total. The number of hydrogen-bond acceptors (Lipinski definition) is 1. The topological polar surface area (TPSA) is 0 Å². The molecule has 36 valence electrons. The van der Waals surface area contributed by atoms with Gasteiger partial charge in [-0.05, 0) is 0 Å². The van der Waals surface area contributed by atoms with Gasteiger partial charge in [0.25, 0.3) is 0 Å². The molecule has 6 heavy (non-hydrogen) atoms. The molecule has 0 heterocycles.